The Balaban J connectivity index is 2.76. The molecule has 1 heteroatoms. The van der Waals surface area contributed by atoms with E-state index in [0.717, 1.165) is 30.7 Å². The number of rotatable bonds is 8. The number of hydrogen-bond acceptors (Lipinski definition) is 0. The number of hydrogen-bond donors (Lipinski definition) is 0. The average molecular weight is 289 g/mol. The van der Waals surface area contributed by atoms with Crippen LogP contribution in [0.2, 0.25) is 5.02 Å². The van der Waals surface area contributed by atoms with E-state index in [1.54, 1.807) is 0 Å². The van der Waals surface area contributed by atoms with Crippen molar-refractivity contribution >= 4 is 11.6 Å². The van der Waals surface area contributed by atoms with Crippen molar-refractivity contribution < 1.29 is 0 Å². The SMILES string of the molecule is C=CCC(=CC(=C)C(CC)Cc1ccc(Cl)cc1)CC. The third-order valence-electron chi connectivity index (χ3n) is 3.66. The molecule has 0 aliphatic rings. The molecule has 0 aliphatic heterocycles. The largest absolute Gasteiger partial charge is 0.103 e. The zero-order chi connectivity index (χ0) is 15.0. The Bertz CT molecular complexity index is 465. The molecule has 1 aromatic carbocycles. The summed E-state index contributed by atoms with van der Waals surface area (Å²) in [7, 11) is 0. The smallest absolute Gasteiger partial charge is 0.0406 e. The molecular weight excluding hydrogens is 264 g/mol. The third kappa shape index (κ3) is 5.38. The predicted molar refractivity (Wildman–Crippen MR) is 91.3 cm³/mol. The van der Waals surface area contributed by atoms with Crippen molar-refractivity contribution in [2.75, 3.05) is 0 Å². The van der Waals surface area contributed by atoms with Crippen molar-refractivity contribution in [1.29, 1.82) is 0 Å². The van der Waals surface area contributed by atoms with Crippen molar-refractivity contribution in [3.05, 3.63) is 71.3 Å². The molecule has 0 nitrogen and oxygen atoms in total. The molecule has 1 atom stereocenters. The summed E-state index contributed by atoms with van der Waals surface area (Å²) < 4.78 is 0. The van der Waals surface area contributed by atoms with Gasteiger partial charge in [0.15, 0.2) is 0 Å². The molecule has 0 amide bonds. The van der Waals surface area contributed by atoms with Gasteiger partial charge in [-0.05, 0) is 49.3 Å². The summed E-state index contributed by atoms with van der Waals surface area (Å²) in [5, 5.41) is 0.791. The summed E-state index contributed by atoms with van der Waals surface area (Å²) in [6.45, 7) is 12.5. The lowest BCUT2D eigenvalue weighted by Crippen LogP contribution is -2.05. The fourth-order valence-corrected chi connectivity index (χ4v) is 2.44. The van der Waals surface area contributed by atoms with Gasteiger partial charge in [-0.15, -0.1) is 6.58 Å². The van der Waals surface area contributed by atoms with Crippen LogP contribution in [0.1, 0.15) is 38.7 Å². The first kappa shape index (κ1) is 16.8. The minimum absolute atomic E-state index is 0.488. The second-order valence-electron chi connectivity index (χ2n) is 5.16. The molecule has 20 heavy (non-hydrogen) atoms. The molecule has 0 heterocycles. The van der Waals surface area contributed by atoms with E-state index in [2.05, 4.69) is 45.2 Å². The normalized spacial score (nSPS) is 13.1. The summed E-state index contributed by atoms with van der Waals surface area (Å²) in [6, 6.07) is 8.12. The number of halogens is 1. The van der Waals surface area contributed by atoms with Crippen LogP contribution < -0.4 is 0 Å². The van der Waals surface area contributed by atoms with Gasteiger partial charge in [0, 0.05) is 5.02 Å². The van der Waals surface area contributed by atoms with Crippen LogP contribution in [-0.4, -0.2) is 0 Å². The quantitative estimate of drug-likeness (QED) is 0.385. The Kier molecular flexibility index (Phi) is 7.40. The molecule has 0 aliphatic carbocycles. The first-order chi connectivity index (χ1) is 9.60. The van der Waals surface area contributed by atoms with E-state index in [0.29, 0.717) is 5.92 Å². The van der Waals surface area contributed by atoms with Crippen LogP contribution in [0, 0.1) is 5.92 Å². The Hall–Kier alpha value is -1.27. The molecule has 108 valence electrons. The second-order valence-corrected chi connectivity index (χ2v) is 5.60. The first-order valence-electron chi connectivity index (χ1n) is 7.34. The fourth-order valence-electron chi connectivity index (χ4n) is 2.31. The summed E-state index contributed by atoms with van der Waals surface area (Å²) in [6.07, 6.45) is 8.35. The summed E-state index contributed by atoms with van der Waals surface area (Å²) in [5.41, 5.74) is 3.94. The molecular formula is C19H25Cl. The molecule has 1 rings (SSSR count). The molecule has 1 unspecified atom stereocenters. The number of benzene rings is 1. The monoisotopic (exact) mass is 288 g/mol. The molecule has 0 saturated carbocycles. The third-order valence-corrected chi connectivity index (χ3v) is 3.91. The van der Waals surface area contributed by atoms with E-state index in [1.165, 1.54) is 16.7 Å². The molecule has 0 bridgehead atoms. The molecule has 0 fully saturated rings. The van der Waals surface area contributed by atoms with Crippen LogP contribution in [0.25, 0.3) is 0 Å². The van der Waals surface area contributed by atoms with Crippen LogP contribution in [-0.2, 0) is 6.42 Å². The molecule has 0 saturated heterocycles. The van der Waals surface area contributed by atoms with Crippen molar-refractivity contribution in [3.63, 3.8) is 0 Å². The van der Waals surface area contributed by atoms with Gasteiger partial charge in [-0.3, -0.25) is 0 Å². The van der Waals surface area contributed by atoms with Gasteiger partial charge in [0.05, 0.1) is 0 Å². The van der Waals surface area contributed by atoms with Crippen molar-refractivity contribution in [1.82, 2.24) is 0 Å². The highest BCUT2D eigenvalue weighted by Crippen LogP contribution is 2.23. The Morgan fingerprint density at radius 2 is 1.90 bits per heavy atom. The lowest BCUT2D eigenvalue weighted by Gasteiger charge is -2.17. The zero-order valence-electron chi connectivity index (χ0n) is 12.7. The van der Waals surface area contributed by atoms with E-state index in [4.69, 9.17) is 11.6 Å². The number of allylic oxidation sites excluding steroid dienone is 4. The van der Waals surface area contributed by atoms with Crippen LogP contribution in [0.3, 0.4) is 0 Å². The molecule has 0 radical (unpaired) electrons. The minimum Gasteiger partial charge on any atom is -0.103 e. The lowest BCUT2D eigenvalue weighted by molar-refractivity contribution is 0.601. The van der Waals surface area contributed by atoms with E-state index in [1.807, 2.05) is 18.2 Å². The van der Waals surface area contributed by atoms with E-state index >= 15 is 0 Å². The van der Waals surface area contributed by atoms with Gasteiger partial charge >= 0.3 is 0 Å². The van der Waals surface area contributed by atoms with Gasteiger partial charge in [-0.2, -0.15) is 0 Å². The lowest BCUT2D eigenvalue weighted by atomic mass is 9.89. The Morgan fingerprint density at radius 3 is 2.40 bits per heavy atom. The van der Waals surface area contributed by atoms with E-state index in [9.17, 15) is 0 Å². The fraction of sp³-hybridized carbons (Fsp3) is 0.368. The highest BCUT2D eigenvalue weighted by Gasteiger charge is 2.10. The standard InChI is InChI=1S/C19H25Cl/c1-5-8-16(6-2)13-15(4)18(7-3)14-17-9-11-19(20)12-10-17/h5,9-13,18H,1,4,6-8,14H2,2-3H3. The molecule has 1 aromatic rings. The topological polar surface area (TPSA) is 0 Å². The Morgan fingerprint density at radius 1 is 1.25 bits per heavy atom. The highest BCUT2D eigenvalue weighted by molar-refractivity contribution is 6.30. The van der Waals surface area contributed by atoms with Crippen LogP contribution in [0.15, 0.2) is 60.7 Å². The van der Waals surface area contributed by atoms with Gasteiger partial charge in [-0.25, -0.2) is 0 Å². The van der Waals surface area contributed by atoms with Gasteiger partial charge in [0.25, 0.3) is 0 Å². The molecule has 0 aromatic heterocycles. The van der Waals surface area contributed by atoms with E-state index in [-0.39, 0.29) is 0 Å². The highest BCUT2D eigenvalue weighted by atomic mass is 35.5. The minimum atomic E-state index is 0.488. The summed E-state index contributed by atoms with van der Waals surface area (Å²) in [5.74, 6) is 0.488. The Labute approximate surface area is 128 Å². The van der Waals surface area contributed by atoms with Crippen LogP contribution in [0.5, 0.6) is 0 Å². The maximum absolute atomic E-state index is 5.93. The predicted octanol–water partition coefficient (Wildman–Crippen LogP) is 6.38. The second kappa shape index (κ2) is 8.81. The van der Waals surface area contributed by atoms with Crippen LogP contribution in [0.4, 0.5) is 0 Å². The maximum atomic E-state index is 5.93. The van der Waals surface area contributed by atoms with Gasteiger partial charge in [0.1, 0.15) is 0 Å². The summed E-state index contributed by atoms with van der Waals surface area (Å²) in [4.78, 5) is 0. The van der Waals surface area contributed by atoms with E-state index < -0.39 is 0 Å². The van der Waals surface area contributed by atoms with Gasteiger partial charge in [-0.1, -0.05) is 67.5 Å². The van der Waals surface area contributed by atoms with Gasteiger partial charge in [0.2, 0.25) is 0 Å². The van der Waals surface area contributed by atoms with Gasteiger partial charge < -0.3 is 0 Å². The average Bonchev–Trinajstić information content (AvgIpc) is 2.46. The zero-order valence-corrected chi connectivity index (χ0v) is 13.4. The van der Waals surface area contributed by atoms with Crippen LogP contribution >= 0.6 is 11.6 Å². The maximum Gasteiger partial charge on any atom is 0.0406 e. The van der Waals surface area contributed by atoms with Crippen molar-refractivity contribution in [2.45, 2.75) is 39.5 Å². The van der Waals surface area contributed by atoms with Crippen molar-refractivity contribution in [3.8, 4) is 0 Å². The first-order valence-corrected chi connectivity index (χ1v) is 7.72. The molecule has 0 N–H and O–H groups in total. The summed E-state index contributed by atoms with van der Waals surface area (Å²) >= 11 is 5.93. The van der Waals surface area contributed by atoms with Crippen molar-refractivity contribution in [2.24, 2.45) is 5.92 Å². The molecule has 0 spiro atoms.